The van der Waals surface area contributed by atoms with Gasteiger partial charge in [0.1, 0.15) is 5.75 Å². The molecule has 3 aromatic rings. The molecule has 34 heavy (non-hydrogen) atoms. The van der Waals surface area contributed by atoms with Gasteiger partial charge in [0.2, 0.25) is 5.95 Å². The summed E-state index contributed by atoms with van der Waals surface area (Å²) in [6.07, 6.45) is 5.53. The highest BCUT2D eigenvalue weighted by Crippen LogP contribution is 2.47. The standard InChI is InChI=1S/C28H33N5O/c1-34-23-8-6-21(7-9-23)20-32-14-16-33(17-15-32)27-30-19-22-18-28(10-12-29-13-11-28)25-5-3-2-4-24(25)26(22)31-27/h2-9,19,29H,10-18,20H2,1H3. The van der Waals surface area contributed by atoms with E-state index in [1.54, 1.807) is 7.11 Å². The van der Waals surface area contributed by atoms with Gasteiger partial charge in [0.15, 0.2) is 0 Å². The Morgan fingerprint density at radius 3 is 2.50 bits per heavy atom. The molecule has 1 aliphatic carbocycles. The summed E-state index contributed by atoms with van der Waals surface area (Å²) < 4.78 is 5.28. The smallest absolute Gasteiger partial charge is 0.225 e. The van der Waals surface area contributed by atoms with Crippen molar-refractivity contribution < 1.29 is 4.74 Å². The molecule has 2 aliphatic heterocycles. The second kappa shape index (κ2) is 9.01. The van der Waals surface area contributed by atoms with E-state index in [1.807, 2.05) is 12.1 Å². The van der Waals surface area contributed by atoms with Gasteiger partial charge in [-0.15, -0.1) is 0 Å². The van der Waals surface area contributed by atoms with E-state index in [1.165, 1.54) is 35.1 Å². The van der Waals surface area contributed by atoms with Gasteiger partial charge in [-0.1, -0.05) is 36.4 Å². The third-order valence-corrected chi connectivity index (χ3v) is 7.92. The van der Waals surface area contributed by atoms with Crippen LogP contribution in [0.25, 0.3) is 11.3 Å². The summed E-state index contributed by atoms with van der Waals surface area (Å²) >= 11 is 0. The molecule has 0 bridgehead atoms. The Morgan fingerprint density at radius 2 is 1.74 bits per heavy atom. The molecule has 0 radical (unpaired) electrons. The molecule has 1 aromatic heterocycles. The van der Waals surface area contributed by atoms with Crippen LogP contribution in [0.1, 0.15) is 29.5 Å². The Labute approximate surface area is 202 Å². The number of benzene rings is 2. The van der Waals surface area contributed by atoms with Crippen LogP contribution in [0.2, 0.25) is 0 Å². The number of aromatic nitrogens is 2. The van der Waals surface area contributed by atoms with E-state index in [0.717, 1.165) is 69.6 Å². The van der Waals surface area contributed by atoms with Crippen LogP contribution in [0.5, 0.6) is 5.75 Å². The molecule has 3 aliphatic rings. The number of hydrogen-bond acceptors (Lipinski definition) is 6. The molecule has 1 spiro atoms. The van der Waals surface area contributed by atoms with Gasteiger partial charge >= 0.3 is 0 Å². The number of methoxy groups -OCH3 is 1. The fourth-order valence-corrected chi connectivity index (χ4v) is 5.97. The lowest BCUT2D eigenvalue weighted by Gasteiger charge is -2.43. The molecule has 6 nitrogen and oxygen atoms in total. The number of ether oxygens (including phenoxy) is 1. The Morgan fingerprint density at radius 1 is 0.971 bits per heavy atom. The second-order valence-electron chi connectivity index (χ2n) is 9.91. The molecule has 1 N–H and O–H groups in total. The largest absolute Gasteiger partial charge is 0.497 e. The first-order valence-electron chi connectivity index (χ1n) is 12.5. The zero-order valence-corrected chi connectivity index (χ0v) is 20.0. The van der Waals surface area contributed by atoms with Crippen LogP contribution >= 0.6 is 0 Å². The molecular formula is C28H33N5O. The minimum absolute atomic E-state index is 0.229. The number of rotatable bonds is 4. The highest BCUT2D eigenvalue weighted by molar-refractivity contribution is 5.72. The van der Waals surface area contributed by atoms with E-state index in [9.17, 15) is 0 Å². The van der Waals surface area contributed by atoms with Crippen LogP contribution in [-0.4, -0.2) is 61.2 Å². The third kappa shape index (κ3) is 3.95. The molecule has 3 heterocycles. The fourth-order valence-electron chi connectivity index (χ4n) is 5.97. The van der Waals surface area contributed by atoms with Crippen molar-refractivity contribution in [1.29, 1.82) is 0 Å². The van der Waals surface area contributed by atoms with Crippen molar-refractivity contribution in [1.82, 2.24) is 20.2 Å². The normalized spacial score (nSPS) is 19.5. The summed E-state index contributed by atoms with van der Waals surface area (Å²) in [5.41, 5.74) is 6.80. The molecule has 0 unspecified atom stereocenters. The molecule has 2 fully saturated rings. The summed E-state index contributed by atoms with van der Waals surface area (Å²) in [5, 5.41) is 3.54. The quantitative estimate of drug-likeness (QED) is 0.648. The fraction of sp³-hybridized carbons (Fsp3) is 0.429. The van der Waals surface area contributed by atoms with Gasteiger partial charge in [-0.05, 0) is 61.2 Å². The lowest BCUT2D eigenvalue weighted by molar-refractivity contribution is 0.248. The molecule has 0 amide bonds. The molecular weight excluding hydrogens is 422 g/mol. The van der Waals surface area contributed by atoms with Crippen LogP contribution in [0, 0.1) is 0 Å². The maximum Gasteiger partial charge on any atom is 0.225 e. The van der Waals surface area contributed by atoms with E-state index in [4.69, 9.17) is 14.7 Å². The number of anilines is 1. The molecule has 0 atom stereocenters. The van der Waals surface area contributed by atoms with Crippen LogP contribution in [0.15, 0.2) is 54.7 Å². The van der Waals surface area contributed by atoms with E-state index in [2.05, 4.69) is 57.7 Å². The summed E-state index contributed by atoms with van der Waals surface area (Å²) in [5.74, 6) is 1.78. The minimum Gasteiger partial charge on any atom is -0.497 e. The summed E-state index contributed by atoms with van der Waals surface area (Å²) in [7, 11) is 1.71. The van der Waals surface area contributed by atoms with Crippen LogP contribution in [0.3, 0.4) is 0 Å². The van der Waals surface area contributed by atoms with Crippen molar-refractivity contribution >= 4 is 5.95 Å². The van der Waals surface area contributed by atoms with Crippen molar-refractivity contribution in [2.45, 2.75) is 31.2 Å². The topological polar surface area (TPSA) is 53.5 Å². The predicted octanol–water partition coefficient (Wildman–Crippen LogP) is 3.65. The van der Waals surface area contributed by atoms with Crippen LogP contribution in [0.4, 0.5) is 5.95 Å². The molecule has 0 saturated carbocycles. The van der Waals surface area contributed by atoms with Crippen molar-refractivity contribution in [2.24, 2.45) is 0 Å². The van der Waals surface area contributed by atoms with Crippen LogP contribution < -0.4 is 15.0 Å². The number of nitrogens with zero attached hydrogens (tertiary/aromatic N) is 4. The predicted molar refractivity (Wildman–Crippen MR) is 135 cm³/mol. The zero-order chi connectivity index (χ0) is 23.0. The summed E-state index contributed by atoms with van der Waals surface area (Å²) in [6.45, 7) is 7.07. The molecule has 2 aromatic carbocycles. The lowest BCUT2D eigenvalue weighted by atomic mass is 9.64. The van der Waals surface area contributed by atoms with Crippen LogP contribution in [-0.2, 0) is 18.4 Å². The minimum atomic E-state index is 0.229. The average Bonchev–Trinajstić information content (AvgIpc) is 2.90. The third-order valence-electron chi connectivity index (χ3n) is 7.92. The van der Waals surface area contributed by atoms with Gasteiger partial charge in [0.25, 0.3) is 0 Å². The first-order chi connectivity index (χ1) is 16.7. The Balaban J connectivity index is 1.18. The van der Waals surface area contributed by atoms with Crippen molar-refractivity contribution in [2.75, 3.05) is 51.3 Å². The maximum absolute atomic E-state index is 5.28. The first-order valence-corrected chi connectivity index (χ1v) is 12.5. The maximum atomic E-state index is 5.28. The van der Waals surface area contributed by atoms with Gasteiger partial charge in [-0.3, -0.25) is 4.90 Å². The second-order valence-corrected chi connectivity index (χ2v) is 9.91. The lowest BCUT2D eigenvalue weighted by Crippen LogP contribution is -2.46. The molecule has 6 rings (SSSR count). The van der Waals surface area contributed by atoms with Crippen molar-refractivity contribution in [3.8, 4) is 17.0 Å². The Kier molecular flexibility index (Phi) is 5.71. The monoisotopic (exact) mass is 455 g/mol. The number of nitrogens with one attached hydrogen (secondary N) is 1. The van der Waals surface area contributed by atoms with Gasteiger partial charge in [-0.25, -0.2) is 9.97 Å². The summed E-state index contributed by atoms with van der Waals surface area (Å²) in [6, 6.07) is 17.3. The van der Waals surface area contributed by atoms with E-state index in [-0.39, 0.29) is 5.41 Å². The van der Waals surface area contributed by atoms with E-state index in [0.29, 0.717) is 0 Å². The van der Waals surface area contributed by atoms with Crippen molar-refractivity contribution in [3.63, 3.8) is 0 Å². The van der Waals surface area contributed by atoms with Gasteiger partial charge in [0.05, 0.1) is 12.8 Å². The SMILES string of the molecule is COc1ccc(CN2CCN(c3ncc4c(n3)-c3ccccc3C3(CCNCC3)C4)CC2)cc1. The first kappa shape index (κ1) is 21.6. The van der Waals surface area contributed by atoms with Gasteiger partial charge < -0.3 is 15.0 Å². The van der Waals surface area contributed by atoms with Gasteiger partial charge in [-0.2, -0.15) is 0 Å². The number of hydrogen-bond donors (Lipinski definition) is 1. The zero-order valence-electron chi connectivity index (χ0n) is 20.0. The number of piperidine rings is 1. The molecule has 6 heteroatoms. The molecule has 2 saturated heterocycles. The number of piperazine rings is 1. The van der Waals surface area contributed by atoms with Gasteiger partial charge in [0, 0.05) is 49.9 Å². The Hall–Kier alpha value is -2.96. The molecule has 176 valence electrons. The Bertz CT molecular complexity index is 1150. The summed E-state index contributed by atoms with van der Waals surface area (Å²) in [4.78, 5) is 14.9. The highest BCUT2D eigenvalue weighted by atomic mass is 16.5. The highest BCUT2D eigenvalue weighted by Gasteiger charge is 2.40. The number of fused-ring (bicyclic) bond motifs is 4. The average molecular weight is 456 g/mol. The van der Waals surface area contributed by atoms with E-state index < -0.39 is 0 Å². The van der Waals surface area contributed by atoms with Crippen molar-refractivity contribution in [3.05, 3.63) is 71.4 Å². The van der Waals surface area contributed by atoms with E-state index >= 15 is 0 Å².